The Labute approximate surface area is 201 Å². The molecule has 8 heteroatoms. The molecule has 0 radical (unpaired) electrons. The first-order valence-electron chi connectivity index (χ1n) is 10.1. The maximum atomic E-state index is 13.9. The van der Waals surface area contributed by atoms with E-state index in [1.807, 2.05) is 43.3 Å². The van der Waals surface area contributed by atoms with Crippen molar-refractivity contribution in [2.24, 2.45) is 5.41 Å². The van der Waals surface area contributed by atoms with Gasteiger partial charge < -0.3 is 4.79 Å². The Bertz CT molecular complexity index is 1160. The maximum absolute atomic E-state index is 13.9. The summed E-state index contributed by atoms with van der Waals surface area (Å²) in [4.78, 5) is 35.3. The molecule has 32 heavy (non-hydrogen) atoms. The van der Waals surface area contributed by atoms with Gasteiger partial charge in [-0.25, -0.2) is 9.97 Å². The van der Waals surface area contributed by atoms with Gasteiger partial charge in [-0.3, -0.25) is 9.69 Å². The fraction of sp³-hybridized carbons (Fsp3) is 0.250. The largest absolute Gasteiger partial charge is 0.303 e. The van der Waals surface area contributed by atoms with Crippen molar-refractivity contribution in [2.45, 2.75) is 31.7 Å². The summed E-state index contributed by atoms with van der Waals surface area (Å²) in [6.07, 6.45) is 2.86. The zero-order valence-electron chi connectivity index (χ0n) is 17.2. The Morgan fingerprint density at radius 1 is 1.06 bits per heavy atom. The molecule has 0 N–H and O–H groups in total. The number of anilines is 1. The molecule has 5 nitrogen and oxygen atoms in total. The number of carbonyl (C=O) groups is 2. The smallest absolute Gasteiger partial charge is 0.235 e. The van der Waals surface area contributed by atoms with Crippen LogP contribution in [0.1, 0.15) is 42.9 Å². The molecular formula is C24H20Cl3N3O2. The van der Waals surface area contributed by atoms with Crippen molar-refractivity contribution in [3.63, 3.8) is 0 Å². The van der Waals surface area contributed by atoms with Crippen molar-refractivity contribution in [1.82, 2.24) is 9.97 Å². The molecule has 1 aliphatic rings. The van der Waals surface area contributed by atoms with E-state index in [0.29, 0.717) is 22.3 Å². The van der Waals surface area contributed by atoms with Crippen LogP contribution < -0.4 is 4.90 Å². The molecule has 0 spiro atoms. The molecule has 2 heterocycles. The first-order valence-corrected chi connectivity index (χ1v) is 11.2. The molecule has 1 amide bonds. The van der Waals surface area contributed by atoms with Gasteiger partial charge >= 0.3 is 0 Å². The van der Waals surface area contributed by atoms with Crippen LogP contribution in [0.4, 0.5) is 5.82 Å². The van der Waals surface area contributed by atoms with Gasteiger partial charge in [-0.05, 0) is 59.5 Å². The van der Waals surface area contributed by atoms with Crippen molar-refractivity contribution < 1.29 is 9.59 Å². The van der Waals surface area contributed by atoms with E-state index in [9.17, 15) is 9.59 Å². The second kappa shape index (κ2) is 9.18. The molecule has 1 aliphatic heterocycles. The number of halogens is 3. The maximum Gasteiger partial charge on any atom is 0.235 e. The molecule has 1 fully saturated rings. The zero-order chi connectivity index (χ0) is 22.9. The van der Waals surface area contributed by atoms with Gasteiger partial charge in [0.05, 0.1) is 11.5 Å². The van der Waals surface area contributed by atoms with Crippen molar-refractivity contribution in [1.29, 1.82) is 0 Å². The molecule has 164 valence electrons. The lowest BCUT2D eigenvalue weighted by molar-refractivity contribution is -0.133. The van der Waals surface area contributed by atoms with E-state index in [-0.39, 0.29) is 23.5 Å². The Morgan fingerprint density at radius 2 is 1.81 bits per heavy atom. The molecule has 0 unspecified atom stereocenters. The van der Waals surface area contributed by atoms with E-state index in [4.69, 9.17) is 34.8 Å². The molecule has 1 aromatic heterocycles. The van der Waals surface area contributed by atoms with Gasteiger partial charge in [0.15, 0.2) is 0 Å². The third-order valence-corrected chi connectivity index (χ3v) is 6.61. The summed E-state index contributed by atoms with van der Waals surface area (Å²) >= 11 is 18.5. The van der Waals surface area contributed by atoms with E-state index in [1.165, 1.54) is 6.20 Å². The van der Waals surface area contributed by atoms with Gasteiger partial charge in [0.25, 0.3) is 0 Å². The van der Waals surface area contributed by atoms with Crippen LogP contribution >= 0.6 is 34.8 Å². The van der Waals surface area contributed by atoms with Crippen LogP contribution in [-0.2, 0) is 9.59 Å². The van der Waals surface area contributed by atoms with Gasteiger partial charge in [-0.1, -0.05) is 54.4 Å². The first kappa shape index (κ1) is 22.7. The van der Waals surface area contributed by atoms with E-state index in [0.717, 1.165) is 17.4 Å². The number of carbonyl (C=O) groups excluding carboxylic acids is 2. The van der Waals surface area contributed by atoms with Crippen molar-refractivity contribution >= 4 is 52.8 Å². The van der Waals surface area contributed by atoms with Gasteiger partial charge in [0.2, 0.25) is 11.2 Å². The number of amides is 1. The molecule has 3 atom stereocenters. The van der Waals surface area contributed by atoms with Gasteiger partial charge in [-0.2, -0.15) is 0 Å². The van der Waals surface area contributed by atoms with Crippen LogP contribution in [0.25, 0.3) is 0 Å². The van der Waals surface area contributed by atoms with Crippen LogP contribution in [-0.4, -0.2) is 22.2 Å². The zero-order valence-corrected chi connectivity index (χ0v) is 19.5. The molecule has 0 saturated carbocycles. The normalized spacial score (nSPS) is 23.2. The van der Waals surface area contributed by atoms with Crippen LogP contribution in [0, 0.1) is 5.41 Å². The molecular weight excluding hydrogens is 469 g/mol. The highest BCUT2D eigenvalue weighted by Gasteiger charge is 2.50. The standard InChI is InChI=1S/C24H20Cl3N3O2/c1-24(10-12-31)14-19(16-3-2-4-18(26)13-16)21(15-5-7-17(25)8-6-15)30(22(24)32)20-9-11-28-23(27)29-20/h2-9,11-13,19,21H,10,14H2,1H3/t19-,21-,24-/m1/s1. The van der Waals surface area contributed by atoms with Crippen LogP contribution in [0.3, 0.4) is 0 Å². The quantitative estimate of drug-likeness (QED) is 0.312. The minimum Gasteiger partial charge on any atom is -0.303 e. The lowest BCUT2D eigenvalue weighted by Crippen LogP contribution is -2.52. The second-order valence-corrected chi connectivity index (χ2v) is 9.36. The number of hydrogen-bond acceptors (Lipinski definition) is 4. The SMILES string of the molecule is C[C@@]1(CC=O)C[C@H](c2cccc(Cl)c2)[C@@H](c2ccc(Cl)cc2)N(c2ccnc(Cl)n2)C1=O. The Kier molecular flexibility index (Phi) is 6.52. The van der Waals surface area contributed by atoms with Crippen molar-refractivity contribution in [3.8, 4) is 0 Å². The number of benzene rings is 2. The molecule has 3 aromatic rings. The van der Waals surface area contributed by atoms with Gasteiger partial charge in [0, 0.05) is 28.6 Å². The number of aromatic nitrogens is 2. The summed E-state index contributed by atoms with van der Waals surface area (Å²) < 4.78 is 0. The first-order chi connectivity index (χ1) is 15.3. The average Bonchev–Trinajstić information content (AvgIpc) is 2.76. The third kappa shape index (κ3) is 4.38. The predicted octanol–water partition coefficient (Wildman–Crippen LogP) is 6.29. The number of hydrogen-bond donors (Lipinski definition) is 0. The minimum absolute atomic E-state index is 0.0344. The molecule has 1 saturated heterocycles. The Morgan fingerprint density at radius 3 is 2.47 bits per heavy atom. The Balaban J connectivity index is 1.95. The number of rotatable bonds is 5. The van der Waals surface area contributed by atoms with Crippen LogP contribution in [0.2, 0.25) is 15.3 Å². The van der Waals surface area contributed by atoms with Crippen molar-refractivity contribution in [3.05, 3.63) is 87.2 Å². The topological polar surface area (TPSA) is 63.2 Å². The number of piperidine rings is 1. The molecule has 0 bridgehead atoms. The van der Waals surface area contributed by atoms with E-state index < -0.39 is 11.5 Å². The highest BCUT2D eigenvalue weighted by molar-refractivity contribution is 6.31. The van der Waals surface area contributed by atoms with Crippen LogP contribution in [0.15, 0.2) is 60.8 Å². The minimum atomic E-state index is -0.922. The fourth-order valence-electron chi connectivity index (χ4n) is 4.42. The summed E-state index contributed by atoms with van der Waals surface area (Å²) in [6, 6.07) is 16.2. The van der Waals surface area contributed by atoms with Crippen LogP contribution in [0.5, 0.6) is 0 Å². The average molecular weight is 489 g/mol. The van der Waals surface area contributed by atoms with E-state index in [1.54, 1.807) is 23.1 Å². The van der Waals surface area contributed by atoms with Gasteiger partial charge in [0.1, 0.15) is 12.1 Å². The predicted molar refractivity (Wildman–Crippen MR) is 126 cm³/mol. The molecule has 2 aromatic carbocycles. The van der Waals surface area contributed by atoms with Crippen molar-refractivity contribution in [2.75, 3.05) is 4.90 Å². The highest BCUT2D eigenvalue weighted by atomic mass is 35.5. The third-order valence-electron chi connectivity index (χ3n) is 5.95. The fourth-order valence-corrected chi connectivity index (χ4v) is 4.89. The number of nitrogens with zero attached hydrogens (tertiary/aromatic N) is 3. The summed E-state index contributed by atoms with van der Waals surface area (Å²) in [5.41, 5.74) is 0.928. The van der Waals surface area contributed by atoms with Gasteiger partial charge in [-0.15, -0.1) is 0 Å². The highest BCUT2D eigenvalue weighted by Crippen LogP contribution is 2.52. The summed E-state index contributed by atoms with van der Waals surface area (Å²) in [7, 11) is 0. The molecule has 4 rings (SSSR count). The van der Waals surface area contributed by atoms with E-state index >= 15 is 0 Å². The van der Waals surface area contributed by atoms with E-state index in [2.05, 4.69) is 9.97 Å². The summed E-state index contributed by atoms with van der Waals surface area (Å²) in [5, 5.41) is 1.23. The molecule has 0 aliphatic carbocycles. The second-order valence-electron chi connectivity index (χ2n) is 8.15. The Hall–Kier alpha value is -2.47. The monoisotopic (exact) mass is 487 g/mol. The number of aldehydes is 1. The summed E-state index contributed by atoms with van der Waals surface area (Å²) in [5.74, 6) is 0.0164. The lowest BCUT2D eigenvalue weighted by atomic mass is 9.67. The lowest BCUT2D eigenvalue weighted by Gasteiger charge is -2.48. The summed E-state index contributed by atoms with van der Waals surface area (Å²) in [6.45, 7) is 1.81.